The largest absolute Gasteiger partial charge is 0.215 e. The molecule has 0 saturated carbocycles. The normalized spacial score (nSPS) is 12.5. The second-order valence-corrected chi connectivity index (χ2v) is 6.04. The van der Waals surface area contributed by atoms with Gasteiger partial charge in [-0.3, -0.25) is 0 Å². The molecule has 20 heavy (non-hydrogen) atoms. The van der Waals surface area contributed by atoms with Crippen molar-refractivity contribution >= 4 is 0 Å². The fourth-order valence-electron chi connectivity index (χ4n) is 2.99. The van der Waals surface area contributed by atoms with E-state index in [-0.39, 0.29) is 0 Å². The highest BCUT2D eigenvalue weighted by Crippen LogP contribution is 2.28. The van der Waals surface area contributed by atoms with Gasteiger partial charge in [0.15, 0.2) is 6.20 Å². The van der Waals surface area contributed by atoms with Gasteiger partial charge in [-0.05, 0) is 56.4 Å². The number of rotatable bonds is 3. The molecule has 1 atom stereocenters. The van der Waals surface area contributed by atoms with E-state index in [0.29, 0.717) is 5.92 Å². The second kappa shape index (κ2) is 5.78. The smallest absolute Gasteiger partial charge is 0.201 e. The maximum Gasteiger partial charge on any atom is 0.215 e. The molecule has 0 aliphatic heterocycles. The van der Waals surface area contributed by atoms with Crippen LogP contribution in [0.25, 0.3) is 11.3 Å². The van der Waals surface area contributed by atoms with Crippen molar-refractivity contribution in [2.24, 2.45) is 7.05 Å². The van der Waals surface area contributed by atoms with Crippen LogP contribution in [-0.4, -0.2) is 0 Å². The number of hydrogen-bond acceptors (Lipinski definition) is 0. The third kappa shape index (κ3) is 2.77. The summed E-state index contributed by atoms with van der Waals surface area (Å²) in [6.07, 6.45) is 3.39. The molecule has 0 radical (unpaired) electrons. The van der Waals surface area contributed by atoms with Crippen molar-refractivity contribution in [1.29, 1.82) is 0 Å². The van der Waals surface area contributed by atoms with Gasteiger partial charge in [-0.25, -0.2) is 4.57 Å². The maximum absolute atomic E-state index is 2.35. The molecule has 2 rings (SSSR count). The van der Waals surface area contributed by atoms with Crippen LogP contribution in [0, 0.1) is 20.8 Å². The fourth-order valence-corrected chi connectivity index (χ4v) is 2.99. The number of aryl methyl sites for hydroxylation is 4. The molecule has 1 unspecified atom stereocenters. The van der Waals surface area contributed by atoms with Crippen molar-refractivity contribution in [1.82, 2.24) is 0 Å². The summed E-state index contributed by atoms with van der Waals surface area (Å²) < 4.78 is 2.25. The molecule has 0 amide bonds. The molecule has 0 fully saturated rings. The summed E-state index contributed by atoms with van der Waals surface area (Å²) in [7, 11) is 2.14. The van der Waals surface area contributed by atoms with Crippen LogP contribution in [0.4, 0.5) is 0 Å². The van der Waals surface area contributed by atoms with E-state index in [2.05, 4.69) is 76.7 Å². The Morgan fingerprint density at radius 1 is 1.05 bits per heavy atom. The Hall–Kier alpha value is -1.63. The number of nitrogens with zero attached hydrogens (tertiary/aromatic N) is 1. The van der Waals surface area contributed by atoms with Gasteiger partial charge < -0.3 is 0 Å². The first-order valence-electron chi connectivity index (χ1n) is 7.51. The Morgan fingerprint density at radius 2 is 1.75 bits per heavy atom. The number of hydrogen-bond donors (Lipinski definition) is 0. The third-order valence-electron chi connectivity index (χ3n) is 4.25. The highest BCUT2D eigenvalue weighted by Gasteiger charge is 2.17. The van der Waals surface area contributed by atoms with E-state index in [1.807, 2.05) is 0 Å². The Morgan fingerprint density at radius 3 is 2.30 bits per heavy atom. The van der Waals surface area contributed by atoms with Crippen LogP contribution in [0.1, 0.15) is 48.4 Å². The molecular weight excluding hydrogens is 242 g/mol. The highest BCUT2D eigenvalue weighted by molar-refractivity contribution is 5.64. The predicted molar refractivity (Wildman–Crippen MR) is 86.0 cm³/mol. The molecule has 0 spiro atoms. The minimum absolute atomic E-state index is 0.635. The lowest BCUT2D eigenvalue weighted by atomic mass is 9.92. The summed E-state index contributed by atoms with van der Waals surface area (Å²) in [5.74, 6) is 0.635. The molecule has 1 aromatic carbocycles. The summed E-state index contributed by atoms with van der Waals surface area (Å²) in [6.45, 7) is 11.1. The third-order valence-corrected chi connectivity index (χ3v) is 4.25. The van der Waals surface area contributed by atoms with Gasteiger partial charge in [-0.2, -0.15) is 0 Å². The average Bonchev–Trinajstić information content (AvgIpc) is 2.38. The second-order valence-electron chi connectivity index (χ2n) is 6.04. The Balaban J connectivity index is 2.54. The minimum Gasteiger partial charge on any atom is -0.201 e. The molecule has 106 valence electrons. The molecule has 1 aromatic heterocycles. The molecular formula is C19H26N+. The SMILES string of the molecule is CCC(C)c1ccc(-c2c(C)cc(C)c[n+]2C)c(C)c1. The van der Waals surface area contributed by atoms with E-state index in [1.54, 1.807) is 0 Å². The van der Waals surface area contributed by atoms with Crippen molar-refractivity contribution in [2.75, 3.05) is 0 Å². The van der Waals surface area contributed by atoms with E-state index in [1.165, 1.54) is 39.9 Å². The Kier molecular flexibility index (Phi) is 4.27. The molecule has 0 aliphatic carbocycles. The average molecular weight is 268 g/mol. The molecule has 0 N–H and O–H groups in total. The first-order valence-corrected chi connectivity index (χ1v) is 7.51. The van der Waals surface area contributed by atoms with Crippen LogP contribution in [0.3, 0.4) is 0 Å². The zero-order valence-corrected chi connectivity index (χ0v) is 13.6. The lowest BCUT2D eigenvalue weighted by Gasteiger charge is -2.13. The summed E-state index contributed by atoms with van der Waals surface area (Å²) in [5, 5.41) is 0. The molecule has 0 bridgehead atoms. The van der Waals surface area contributed by atoms with Gasteiger partial charge >= 0.3 is 0 Å². The number of pyridine rings is 1. The van der Waals surface area contributed by atoms with Crippen molar-refractivity contribution < 1.29 is 4.57 Å². The van der Waals surface area contributed by atoms with E-state index in [9.17, 15) is 0 Å². The zero-order chi connectivity index (χ0) is 14.9. The Bertz CT molecular complexity index is 603. The maximum atomic E-state index is 2.35. The van der Waals surface area contributed by atoms with Gasteiger partial charge in [0.2, 0.25) is 5.69 Å². The molecule has 2 aromatic rings. The molecule has 1 heterocycles. The first-order chi connectivity index (χ1) is 9.43. The van der Waals surface area contributed by atoms with Crippen molar-refractivity contribution in [3.8, 4) is 11.3 Å². The van der Waals surface area contributed by atoms with Gasteiger partial charge in [0, 0.05) is 16.7 Å². The predicted octanol–water partition coefficient (Wildman–Crippen LogP) is 4.62. The van der Waals surface area contributed by atoms with E-state index in [4.69, 9.17) is 0 Å². The van der Waals surface area contributed by atoms with Gasteiger partial charge in [-0.15, -0.1) is 0 Å². The fraction of sp³-hybridized carbons (Fsp3) is 0.421. The van der Waals surface area contributed by atoms with Crippen LogP contribution in [-0.2, 0) is 7.05 Å². The molecule has 0 aliphatic rings. The highest BCUT2D eigenvalue weighted by atomic mass is 14.9. The van der Waals surface area contributed by atoms with E-state index < -0.39 is 0 Å². The quantitative estimate of drug-likeness (QED) is 0.715. The summed E-state index contributed by atoms with van der Waals surface area (Å²) in [5.41, 5.74) is 8.13. The lowest BCUT2D eigenvalue weighted by Crippen LogP contribution is -2.32. The molecule has 1 nitrogen and oxygen atoms in total. The molecule has 0 saturated heterocycles. The first kappa shape index (κ1) is 14.8. The van der Waals surface area contributed by atoms with E-state index >= 15 is 0 Å². The standard InChI is InChI=1S/C19H26N/c1-7-14(3)17-8-9-18(15(4)11-17)19-16(5)10-13(2)12-20(19)6/h8-12,14H,7H2,1-6H3/q+1. The van der Waals surface area contributed by atoms with Crippen LogP contribution < -0.4 is 4.57 Å². The van der Waals surface area contributed by atoms with Crippen molar-refractivity contribution in [2.45, 2.75) is 47.0 Å². The number of aromatic nitrogens is 1. The van der Waals surface area contributed by atoms with Crippen LogP contribution in [0.5, 0.6) is 0 Å². The summed E-state index contributed by atoms with van der Waals surface area (Å²) >= 11 is 0. The van der Waals surface area contributed by atoms with Crippen LogP contribution >= 0.6 is 0 Å². The van der Waals surface area contributed by atoms with Gasteiger partial charge in [0.05, 0.1) is 0 Å². The van der Waals surface area contributed by atoms with Crippen molar-refractivity contribution in [3.63, 3.8) is 0 Å². The van der Waals surface area contributed by atoms with Crippen LogP contribution in [0.2, 0.25) is 0 Å². The van der Waals surface area contributed by atoms with Crippen molar-refractivity contribution in [3.05, 3.63) is 52.7 Å². The Labute approximate surface area is 123 Å². The van der Waals surface area contributed by atoms with Gasteiger partial charge in [-0.1, -0.05) is 26.0 Å². The minimum atomic E-state index is 0.635. The monoisotopic (exact) mass is 268 g/mol. The lowest BCUT2D eigenvalue weighted by molar-refractivity contribution is -0.661. The van der Waals surface area contributed by atoms with Gasteiger partial charge in [0.25, 0.3) is 0 Å². The number of benzene rings is 1. The van der Waals surface area contributed by atoms with Crippen LogP contribution in [0.15, 0.2) is 30.5 Å². The van der Waals surface area contributed by atoms with Gasteiger partial charge in [0.1, 0.15) is 7.05 Å². The molecule has 1 heteroatoms. The summed E-state index contributed by atoms with van der Waals surface area (Å²) in [4.78, 5) is 0. The topological polar surface area (TPSA) is 3.88 Å². The summed E-state index contributed by atoms with van der Waals surface area (Å²) in [6, 6.07) is 9.18. The van der Waals surface area contributed by atoms with E-state index in [0.717, 1.165) is 0 Å². The zero-order valence-electron chi connectivity index (χ0n) is 13.6.